The average molecular weight is 367 g/mol. The zero-order chi connectivity index (χ0) is 17.5. The van der Waals surface area contributed by atoms with Crippen LogP contribution in [0.1, 0.15) is 52.5 Å². The highest BCUT2D eigenvalue weighted by atomic mass is 35.5. The number of hydrogen-bond acceptors (Lipinski definition) is 4. The first-order chi connectivity index (χ1) is 11.2. The number of nitrogens with zero attached hydrogens (tertiary/aromatic N) is 4. The first-order valence-corrected chi connectivity index (χ1v) is 12.0. The van der Waals surface area contributed by atoms with Gasteiger partial charge in [0, 0.05) is 12.3 Å². The third-order valence-corrected chi connectivity index (χ3v) is 10.3. The quantitative estimate of drug-likeness (QED) is 0.567. The minimum Gasteiger partial charge on any atom is -0.414 e. The third-order valence-electron chi connectivity index (χ3n) is 5.56. The van der Waals surface area contributed by atoms with Crippen LogP contribution >= 0.6 is 11.6 Å². The highest BCUT2D eigenvalue weighted by Crippen LogP contribution is 2.40. The lowest BCUT2D eigenvalue weighted by Crippen LogP contribution is -2.44. The van der Waals surface area contributed by atoms with Crippen LogP contribution in [0.15, 0.2) is 12.4 Å². The Morgan fingerprint density at radius 1 is 1.17 bits per heavy atom. The Bertz CT molecular complexity index is 717. The molecule has 7 heteroatoms. The van der Waals surface area contributed by atoms with Gasteiger partial charge in [0.25, 0.3) is 0 Å². The molecule has 0 unspecified atom stereocenters. The van der Waals surface area contributed by atoms with Crippen molar-refractivity contribution in [1.29, 1.82) is 0 Å². The molecule has 0 amide bonds. The van der Waals surface area contributed by atoms with E-state index in [1.54, 1.807) is 6.20 Å². The molecular weight excluding hydrogens is 340 g/mol. The Morgan fingerprint density at radius 3 is 2.46 bits per heavy atom. The van der Waals surface area contributed by atoms with Crippen molar-refractivity contribution in [2.75, 3.05) is 0 Å². The third kappa shape index (κ3) is 3.50. The predicted molar refractivity (Wildman–Crippen MR) is 99.9 cm³/mol. The second kappa shape index (κ2) is 6.39. The lowest BCUT2D eigenvalue weighted by molar-refractivity contribution is 0.116. The molecule has 0 saturated heterocycles. The maximum Gasteiger partial charge on any atom is 0.224 e. The molecule has 2 aromatic rings. The molecular formula is C17H27ClN4OSi. The number of fused-ring (bicyclic) bond motifs is 1. The highest BCUT2D eigenvalue weighted by molar-refractivity contribution is 6.74. The first kappa shape index (κ1) is 17.8. The van der Waals surface area contributed by atoms with Crippen molar-refractivity contribution in [3.63, 3.8) is 0 Å². The van der Waals surface area contributed by atoms with Crippen molar-refractivity contribution in [3.05, 3.63) is 17.7 Å². The van der Waals surface area contributed by atoms with E-state index in [9.17, 15) is 0 Å². The molecule has 1 saturated carbocycles. The molecule has 0 bridgehead atoms. The Labute approximate surface area is 149 Å². The topological polar surface area (TPSA) is 52.8 Å². The van der Waals surface area contributed by atoms with Gasteiger partial charge >= 0.3 is 0 Å². The summed E-state index contributed by atoms with van der Waals surface area (Å²) in [4.78, 5) is 8.38. The zero-order valence-electron chi connectivity index (χ0n) is 15.2. The fourth-order valence-electron chi connectivity index (χ4n) is 3.08. The summed E-state index contributed by atoms with van der Waals surface area (Å²) in [6, 6.07) is 0.368. The molecule has 1 aliphatic rings. The van der Waals surface area contributed by atoms with Crippen molar-refractivity contribution in [2.24, 2.45) is 0 Å². The van der Waals surface area contributed by atoms with Gasteiger partial charge in [0.05, 0.1) is 17.6 Å². The van der Waals surface area contributed by atoms with Gasteiger partial charge in [-0.2, -0.15) is 10.1 Å². The molecule has 0 radical (unpaired) electrons. The Balaban J connectivity index is 1.68. The Morgan fingerprint density at radius 2 is 1.83 bits per heavy atom. The molecule has 0 aromatic carbocycles. The number of halogens is 1. The van der Waals surface area contributed by atoms with Crippen LogP contribution in [0, 0.1) is 0 Å². The van der Waals surface area contributed by atoms with Gasteiger partial charge in [-0.15, -0.1) is 0 Å². The summed E-state index contributed by atoms with van der Waals surface area (Å²) in [6.07, 6.45) is 8.23. The molecule has 24 heavy (non-hydrogen) atoms. The number of aromatic nitrogens is 4. The zero-order valence-corrected chi connectivity index (χ0v) is 17.0. The SMILES string of the molecule is CC(C)(C)[Si](C)(C)OC1CCC(n2ncc3cnc(Cl)nc32)CC1. The fourth-order valence-corrected chi connectivity index (χ4v) is 4.63. The van der Waals surface area contributed by atoms with E-state index >= 15 is 0 Å². The summed E-state index contributed by atoms with van der Waals surface area (Å²) in [6.45, 7) is 11.6. The number of hydrogen-bond donors (Lipinski definition) is 0. The molecule has 1 aliphatic carbocycles. The van der Waals surface area contributed by atoms with E-state index in [1.165, 1.54) is 0 Å². The summed E-state index contributed by atoms with van der Waals surface area (Å²) in [7, 11) is -1.69. The van der Waals surface area contributed by atoms with E-state index in [-0.39, 0.29) is 10.3 Å². The smallest absolute Gasteiger partial charge is 0.224 e. The van der Waals surface area contributed by atoms with Gasteiger partial charge in [-0.3, -0.25) is 0 Å². The highest BCUT2D eigenvalue weighted by Gasteiger charge is 2.40. The minimum atomic E-state index is -1.69. The summed E-state index contributed by atoms with van der Waals surface area (Å²) in [5.74, 6) is 0. The van der Waals surface area contributed by atoms with Crippen LogP contribution in [-0.2, 0) is 4.43 Å². The van der Waals surface area contributed by atoms with E-state index < -0.39 is 8.32 Å². The maximum absolute atomic E-state index is 6.58. The van der Waals surface area contributed by atoms with Gasteiger partial charge in [0.1, 0.15) is 0 Å². The predicted octanol–water partition coefficient (Wildman–Crippen LogP) is 4.99. The molecule has 0 aliphatic heterocycles. The van der Waals surface area contributed by atoms with E-state index in [2.05, 4.69) is 48.9 Å². The van der Waals surface area contributed by atoms with Crippen molar-refractivity contribution < 1.29 is 4.43 Å². The first-order valence-electron chi connectivity index (χ1n) is 8.71. The van der Waals surface area contributed by atoms with Gasteiger partial charge in [0.2, 0.25) is 5.28 Å². The largest absolute Gasteiger partial charge is 0.414 e. The second-order valence-electron chi connectivity index (χ2n) is 8.32. The summed E-state index contributed by atoms with van der Waals surface area (Å²) in [5, 5.41) is 6.00. The van der Waals surface area contributed by atoms with Crippen LogP contribution in [0.2, 0.25) is 23.4 Å². The monoisotopic (exact) mass is 366 g/mol. The lowest BCUT2D eigenvalue weighted by Gasteiger charge is -2.41. The molecule has 5 nitrogen and oxygen atoms in total. The van der Waals surface area contributed by atoms with E-state index in [1.807, 2.05) is 10.9 Å². The Kier molecular flexibility index (Phi) is 4.75. The summed E-state index contributed by atoms with van der Waals surface area (Å²) >= 11 is 5.95. The molecule has 1 fully saturated rings. The van der Waals surface area contributed by atoms with Crippen molar-refractivity contribution in [1.82, 2.24) is 19.7 Å². The van der Waals surface area contributed by atoms with Gasteiger partial charge in [-0.25, -0.2) is 9.67 Å². The maximum atomic E-state index is 6.58. The van der Waals surface area contributed by atoms with Crippen LogP contribution in [0.5, 0.6) is 0 Å². The molecule has 132 valence electrons. The van der Waals surface area contributed by atoms with Gasteiger partial charge in [-0.05, 0) is 55.4 Å². The molecule has 3 rings (SSSR count). The Hall–Kier alpha value is -0.983. The van der Waals surface area contributed by atoms with Crippen molar-refractivity contribution in [2.45, 2.75) is 76.7 Å². The van der Waals surface area contributed by atoms with E-state index in [0.717, 1.165) is 36.7 Å². The van der Waals surface area contributed by atoms with Crippen molar-refractivity contribution >= 4 is 31.0 Å². The van der Waals surface area contributed by atoms with Gasteiger partial charge < -0.3 is 4.43 Å². The standard InChI is InChI=1S/C17H27ClN4OSi/c1-17(2,3)24(4,5)23-14-8-6-13(7-9-14)22-15-12(11-20-22)10-19-16(18)21-15/h10-11,13-14H,6-9H2,1-5H3. The molecule has 0 spiro atoms. The van der Waals surface area contributed by atoms with Crippen LogP contribution in [-0.4, -0.2) is 34.2 Å². The lowest BCUT2D eigenvalue weighted by atomic mass is 9.93. The van der Waals surface area contributed by atoms with E-state index in [0.29, 0.717) is 12.1 Å². The van der Waals surface area contributed by atoms with Crippen LogP contribution in [0.25, 0.3) is 11.0 Å². The number of rotatable bonds is 3. The minimum absolute atomic E-state index is 0.260. The molecule has 0 atom stereocenters. The molecule has 2 heterocycles. The normalized spacial score (nSPS) is 22.9. The molecule has 2 aromatic heterocycles. The second-order valence-corrected chi connectivity index (χ2v) is 13.4. The van der Waals surface area contributed by atoms with Crippen LogP contribution in [0.3, 0.4) is 0 Å². The van der Waals surface area contributed by atoms with Gasteiger partial charge in [0.15, 0.2) is 14.0 Å². The summed E-state index contributed by atoms with van der Waals surface area (Å²) < 4.78 is 8.60. The average Bonchev–Trinajstić information content (AvgIpc) is 2.89. The van der Waals surface area contributed by atoms with Crippen LogP contribution < -0.4 is 0 Å². The van der Waals surface area contributed by atoms with Crippen LogP contribution in [0.4, 0.5) is 0 Å². The van der Waals surface area contributed by atoms with Gasteiger partial charge in [-0.1, -0.05) is 20.8 Å². The fraction of sp³-hybridized carbons (Fsp3) is 0.706. The van der Waals surface area contributed by atoms with Crippen molar-refractivity contribution in [3.8, 4) is 0 Å². The molecule has 0 N–H and O–H groups in total. The van der Waals surface area contributed by atoms with E-state index in [4.69, 9.17) is 16.0 Å². The summed E-state index contributed by atoms with van der Waals surface area (Å²) in [5.41, 5.74) is 0.837.